The van der Waals surface area contributed by atoms with Gasteiger partial charge >= 0.3 is 0 Å². The van der Waals surface area contributed by atoms with E-state index in [0.717, 1.165) is 37.5 Å². The van der Waals surface area contributed by atoms with Crippen LogP contribution in [0.2, 0.25) is 0 Å². The van der Waals surface area contributed by atoms with E-state index in [0.29, 0.717) is 0 Å². The van der Waals surface area contributed by atoms with E-state index in [2.05, 4.69) is 16.9 Å². The first-order chi connectivity index (χ1) is 7.22. The molecule has 1 heterocycles. The summed E-state index contributed by atoms with van der Waals surface area (Å²) in [6, 6.07) is 3.71. The van der Waals surface area contributed by atoms with Crippen LogP contribution in [0.15, 0.2) is 18.3 Å². The molecule has 0 radical (unpaired) electrons. The molecule has 1 aromatic rings. The number of methoxy groups -OCH3 is 1. The molecule has 4 nitrogen and oxygen atoms in total. The van der Waals surface area contributed by atoms with E-state index in [1.54, 1.807) is 19.4 Å². The molecule has 1 aromatic heterocycles. The largest absolute Gasteiger partial charge is 0.399 e. The van der Waals surface area contributed by atoms with Gasteiger partial charge in [0.15, 0.2) is 0 Å². The predicted octanol–water partition coefficient (Wildman–Crippen LogP) is 1.13. The van der Waals surface area contributed by atoms with Gasteiger partial charge in [-0.15, -0.1) is 0 Å². The van der Waals surface area contributed by atoms with Crippen LogP contribution < -0.4 is 5.73 Å². The first-order valence-corrected chi connectivity index (χ1v) is 5.10. The Morgan fingerprint density at radius 3 is 3.00 bits per heavy atom. The quantitative estimate of drug-likeness (QED) is 0.714. The molecule has 0 aromatic carbocycles. The molecule has 1 rings (SSSR count). The Balaban J connectivity index is 2.34. The number of hydrogen-bond donors (Lipinski definition) is 1. The van der Waals surface area contributed by atoms with Gasteiger partial charge in [0.25, 0.3) is 0 Å². The van der Waals surface area contributed by atoms with Crippen LogP contribution >= 0.6 is 0 Å². The van der Waals surface area contributed by atoms with E-state index in [4.69, 9.17) is 10.5 Å². The summed E-state index contributed by atoms with van der Waals surface area (Å²) in [4.78, 5) is 6.46. The van der Waals surface area contributed by atoms with Gasteiger partial charge in [-0.25, -0.2) is 0 Å². The number of nitrogen functional groups attached to an aromatic ring is 1. The van der Waals surface area contributed by atoms with Crippen molar-refractivity contribution < 1.29 is 4.74 Å². The topological polar surface area (TPSA) is 51.4 Å². The van der Waals surface area contributed by atoms with Crippen molar-refractivity contribution in [3.8, 4) is 0 Å². The third-order valence-electron chi connectivity index (χ3n) is 2.16. The van der Waals surface area contributed by atoms with Crippen LogP contribution in [0.5, 0.6) is 0 Å². The zero-order valence-corrected chi connectivity index (χ0v) is 9.44. The molecule has 0 spiro atoms. The molecule has 2 N–H and O–H groups in total. The average Bonchev–Trinajstić information content (AvgIpc) is 2.18. The molecule has 4 heteroatoms. The highest BCUT2D eigenvalue weighted by Crippen LogP contribution is 2.05. The molecule has 0 saturated heterocycles. The first kappa shape index (κ1) is 11.9. The van der Waals surface area contributed by atoms with Crippen LogP contribution in [-0.2, 0) is 11.3 Å². The van der Waals surface area contributed by atoms with Crippen molar-refractivity contribution >= 4 is 5.69 Å². The van der Waals surface area contributed by atoms with Crippen LogP contribution in [0.3, 0.4) is 0 Å². The van der Waals surface area contributed by atoms with Gasteiger partial charge in [0.05, 0.1) is 5.69 Å². The molecular weight excluding hydrogens is 190 g/mol. The maximum atomic E-state index is 5.68. The van der Waals surface area contributed by atoms with E-state index in [1.165, 1.54) is 0 Å². The molecule has 0 unspecified atom stereocenters. The van der Waals surface area contributed by atoms with Gasteiger partial charge in [0.1, 0.15) is 0 Å². The van der Waals surface area contributed by atoms with Crippen LogP contribution in [0, 0.1) is 0 Å². The Kier molecular flexibility index (Phi) is 5.07. The standard InChI is InChI=1S/C11H19N3O/c1-14(6-3-7-15-2)9-11-8-10(12)4-5-13-11/h4-5,8H,3,6-7,9H2,1-2H3,(H2,12,13). The Labute approximate surface area is 91.1 Å². The summed E-state index contributed by atoms with van der Waals surface area (Å²) < 4.78 is 5.00. The van der Waals surface area contributed by atoms with Gasteiger partial charge in [0, 0.05) is 38.7 Å². The number of nitrogens with zero attached hydrogens (tertiary/aromatic N) is 2. The number of aromatic nitrogens is 1. The van der Waals surface area contributed by atoms with Gasteiger partial charge in [-0.2, -0.15) is 0 Å². The summed E-state index contributed by atoms with van der Waals surface area (Å²) in [5.41, 5.74) is 7.46. The third kappa shape index (κ3) is 4.76. The van der Waals surface area contributed by atoms with Crippen molar-refractivity contribution in [3.05, 3.63) is 24.0 Å². The fourth-order valence-electron chi connectivity index (χ4n) is 1.42. The SMILES string of the molecule is COCCCN(C)Cc1cc(N)ccn1. The van der Waals surface area contributed by atoms with Crippen LogP contribution in [0.1, 0.15) is 12.1 Å². The second-order valence-corrected chi connectivity index (χ2v) is 3.66. The van der Waals surface area contributed by atoms with Gasteiger partial charge in [-0.3, -0.25) is 4.98 Å². The highest BCUT2D eigenvalue weighted by Gasteiger charge is 2.01. The molecule has 0 fully saturated rings. The normalized spacial score (nSPS) is 10.9. The monoisotopic (exact) mass is 209 g/mol. The van der Waals surface area contributed by atoms with Crippen molar-refractivity contribution in [2.75, 3.05) is 33.0 Å². The van der Waals surface area contributed by atoms with Crippen molar-refractivity contribution in [1.82, 2.24) is 9.88 Å². The van der Waals surface area contributed by atoms with Gasteiger partial charge in [0.2, 0.25) is 0 Å². The molecule has 15 heavy (non-hydrogen) atoms. The van der Waals surface area contributed by atoms with Crippen LogP contribution in [0.25, 0.3) is 0 Å². The van der Waals surface area contributed by atoms with Crippen LogP contribution in [0.4, 0.5) is 5.69 Å². The number of rotatable bonds is 6. The third-order valence-corrected chi connectivity index (χ3v) is 2.16. The molecular formula is C11H19N3O. The summed E-state index contributed by atoms with van der Waals surface area (Å²) in [7, 11) is 3.79. The second-order valence-electron chi connectivity index (χ2n) is 3.66. The Hall–Kier alpha value is -1.13. The maximum absolute atomic E-state index is 5.68. The highest BCUT2D eigenvalue weighted by atomic mass is 16.5. The number of nitrogens with two attached hydrogens (primary N) is 1. The average molecular weight is 209 g/mol. The predicted molar refractivity (Wildman–Crippen MR) is 61.5 cm³/mol. The Bertz CT molecular complexity index is 291. The van der Waals surface area contributed by atoms with Gasteiger partial charge in [-0.05, 0) is 25.6 Å². The fourth-order valence-corrected chi connectivity index (χ4v) is 1.42. The number of hydrogen-bond acceptors (Lipinski definition) is 4. The van der Waals surface area contributed by atoms with Crippen molar-refractivity contribution in [3.63, 3.8) is 0 Å². The van der Waals surface area contributed by atoms with Crippen molar-refractivity contribution in [2.45, 2.75) is 13.0 Å². The molecule has 0 aliphatic rings. The molecule has 84 valence electrons. The van der Waals surface area contributed by atoms with Crippen molar-refractivity contribution in [2.24, 2.45) is 0 Å². The highest BCUT2D eigenvalue weighted by molar-refractivity contribution is 5.37. The van der Waals surface area contributed by atoms with E-state index in [-0.39, 0.29) is 0 Å². The maximum Gasteiger partial charge on any atom is 0.0564 e. The van der Waals surface area contributed by atoms with E-state index in [1.807, 2.05) is 6.07 Å². The second kappa shape index (κ2) is 6.37. The number of ether oxygens (including phenoxy) is 1. The van der Waals surface area contributed by atoms with E-state index >= 15 is 0 Å². The zero-order chi connectivity index (χ0) is 11.1. The number of anilines is 1. The van der Waals surface area contributed by atoms with Crippen molar-refractivity contribution in [1.29, 1.82) is 0 Å². The summed E-state index contributed by atoms with van der Waals surface area (Å²) >= 11 is 0. The molecule has 0 aliphatic heterocycles. The first-order valence-electron chi connectivity index (χ1n) is 5.10. The summed E-state index contributed by atoms with van der Waals surface area (Å²) in [5, 5.41) is 0. The summed E-state index contributed by atoms with van der Waals surface area (Å²) in [6.45, 7) is 2.63. The minimum Gasteiger partial charge on any atom is -0.399 e. The minimum absolute atomic E-state index is 0.769. The van der Waals surface area contributed by atoms with E-state index in [9.17, 15) is 0 Å². The smallest absolute Gasteiger partial charge is 0.0564 e. The molecule has 0 atom stereocenters. The minimum atomic E-state index is 0.769. The van der Waals surface area contributed by atoms with Crippen LogP contribution in [-0.4, -0.2) is 37.2 Å². The van der Waals surface area contributed by atoms with Gasteiger partial charge in [-0.1, -0.05) is 0 Å². The lowest BCUT2D eigenvalue weighted by Gasteiger charge is -2.15. The molecule has 0 saturated carbocycles. The number of pyridine rings is 1. The van der Waals surface area contributed by atoms with Gasteiger partial charge < -0.3 is 15.4 Å². The summed E-state index contributed by atoms with van der Waals surface area (Å²) in [6.07, 6.45) is 2.78. The lowest BCUT2D eigenvalue weighted by atomic mass is 10.3. The Morgan fingerprint density at radius 1 is 1.53 bits per heavy atom. The zero-order valence-electron chi connectivity index (χ0n) is 9.44. The molecule has 0 bridgehead atoms. The lowest BCUT2D eigenvalue weighted by Crippen LogP contribution is -2.20. The Morgan fingerprint density at radius 2 is 2.33 bits per heavy atom. The summed E-state index contributed by atoms with van der Waals surface area (Å²) in [5.74, 6) is 0. The lowest BCUT2D eigenvalue weighted by molar-refractivity contribution is 0.178. The van der Waals surface area contributed by atoms with E-state index < -0.39 is 0 Å². The molecule has 0 aliphatic carbocycles. The molecule has 0 amide bonds. The fraction of sp³-hybridized carbons (Fsp3) is 0.545.